The molecule has 2 aromatic heterocycles. The van der Waals surface area contributed by atoms with Crippen LogP contribution in [0.5, 0.6) is 0 Å². The zero-order valence-electron chi connectivity index (χ0n) is 17.4. The molecule has 6 heteroatoms. The van der Waals surface area contributed by atoms with Crippen molar-refractivity contribution in [3.05, 3.63) is 53.5 Å². The Morgan fingerprint density at radius 1 is 1.24 bits per heavy atom. The second-order valence-electron chi connectivity index (χ2n) is 8.12. The van der Waals surface area contributed by atoms with Crippen LogP contribution in [0.2, 0.25) is 0 Å². The zero-order valence-corrected chi connectivity index (χ0v) is 17.4. The van der Waals surface area contributed by atoms with Crippen LogP contribution in [0.3, 0.4) is 0 Å². The summed E-state index contributed by atoms with van der Waals surface area (Å²) in [6.07, 6.45) is 5.25. The number of aryl methyl sites for hydroxylation is 3. The summed E-state index contributed by atoms with van der Waals surface area (Å²) in [5.41, 5.74) is 3.32. The summed E-state index contributed by atoms with van der Waals surface area (Å²) in [4.78, 5) is 14.6. The smallest absolute Gasteiger partial charge is 0.220 e. The van der Waals surface area contributed by atoms with Gasteiger partial charge in [0.1, 0.15) is 11.3 Å². The van der Waals surface area contributed by atoms with E-state index in [4.69, 9.17) is 4.42 Å². The summed E-state index contributed by atoms with van der Waals surface area (Å²) in [6.45, 7) is 5.89. The second-order valence-corrected chi connectivity index (χ2v) is 8.12. The van der Waals surface area contributed by atoms with Gasteiger partial charge in [0.15, 0.2) is 0 Å². The number of carbonyl (C=O) groups excluding carboxylic acids is 1. The SMILES string of the molecule is Cc1c(CN2CCC(CNC(=O)CCc3ccnn3C)CC2)oc2ccccc12. The summed E-state index contributed by atoms with van der Waals surface area (Å²) in [5, 5.41) is 8.48. The van der Waals surface area contributed by atoms with Gasteiger partial charge in [-0.2, -0.15) is 5.10 Å². The molecule has 0 atom stereocenters. The van der Waals surface area contributed by atoms with E-state index >= 15 is 0 Å². The molecule has 1 N–H and O–H groups in total. The molecule has 1 saturated heterocycles. The Morgan fingerprint density at radius 3 is 2.76 bits per heavy atom. The third-order valence-corrected chi connectivity index (χ3v) is 6.14. The number of rotatable bonds is 7. The lowest BCUT2D eigenvalue weighted by atomic mass is 9.96. The predicted molar refractivity (Wildman–Crippen MR) is 113 cm³/mol. The maximum Gasteiger partial charge on any atom is 0.220 e. The van der Waals surface area contributed by atoms with Crippen LogP contribution in [-0.2, 0) is 24.8 Å². The molecule has 1 aromatic carbocycles. The minimum Gasteiger partial charge on any atom is -0.459 e. The van der Waals surface area contributed by atoms with Gasteiger partial charge < -0.3 is 9.73 Å². The molecule has 4 rings (SSSR count). The van der Waals surface area contributed by atoms with Gasteiger partial charge in [0.2, 0.25) is 5.91 Å². The van der Waals surface area contributed by atoms with Gasteiger partial charge in [-0.15, -0.1) is 0 Å². The van der Waals surface area contributed by atoms with Gasteiger partial charge in [-0.25, -0.2) is 0 Å². The second kappa shape index (κ2) is 8.82. The Balaban J connectivity index is 1.20. The molecule has 0 bridgehead atoms. The maximum atomic E-state index is 12.2. The van der Waals surface area contributed by atoms with Crippen molar-refractivity contribution in [2.45, 2.75) is 39.2 Å². The minimum absolute atomic E-state index is 0.131. The number of amides is 1. The van der Waals surface area contributed by atoms with Crippen LogP contribution in [0.1, 0.15) is 36.3 Å². The average Bonchev–Trinajstić information content (AvgIpc) is 3.29. The molecule has 0 aliphatic carbocycles. The first-order valence-corrected chi connectivity index (χ1v) is 10.5. The predicted octanol–water partition coefficient (Wildman–Crippen LogP) is 3.44. The molecule has 154 valence electrons. The summed E-state index contributed by atoms with van der Waals surface area (Å²) >= 11 is 0. The largest absolute Gasteiger partial charge is 0.459 e. The van der Waals surface area contributed by atoms with Crippen molar-refractivity contribution in [3.63, 3.8) is 0 Å². The number of hydrogen-bond donors (Lipinski definition) is 1. The van der Waals surface area contributed by atoms with Gasteiger partial charge in [-0.3, -0.25) is 14.4 Å². The highest BCUT2D eigenvalue weighted by atomic mass is 16.3. The van der Waals surface area contributed by atoms with E-state index in [9.17, 15) is 4.79 Å². The van der Waals surface area contributed by atoms with Crippen LogP contribution in [0.25, 0.3) is 11.0 Å². The molecule has 0 radical (unpaired) electrons. The lowest BCUT2D eigenvalue weighted by molar-refractivity contribution is -0.121. The van der Waals surface area contributed by atoms with E-state index in [1.54, 1.807) is 6.20 Å². The topological polar surface area (TPSA) is 63.3 Å². The summed E-state index contributed by atoms with van der Waals surface area (Å²) < 4.78 is 7.89. The molecule has 0 saturated carbocycles. The first-order valence-electron chi connectivity index (χ1n) is 10.5. The molecule has 1 aliphatic heterocycles. The fraction of sp³-hybridized carbons (Fsp3) is 0.478. The Bertz CT molecular complexity index is 966. The van der Waals surface area contributed by atoms with Crippen molar-refractivity contribution in [1.29, 1.82) is 0 Å². The first-order chi connectivity index (χ1) is 14.1. The Kier molecular flexibility index (Phi) is 6.00. The molecule has 29 heavy (non-hydrogen) atoms. The number of carbonyl (C=O) groups is 1. The number of para-hydroxylation sites is 1. The Labute approximate surface area is 171 Å². The maximum absolute atomic E-state index is 12.2. The van der Waals surface area contributed by atoms with Crippen LogP contribution in [0.4, 0.5) is 0 Å². The van der Waals surface area contributed by atoms with Crippen LogP contribution in [0.15, 0.2) is 40.9 Å². The summed E-state index contributed by atoms with van der Waals surface area (Å²) in [7, 11) is 1.91. The number of likely N-dealkylation sites (tertiary alicyclic amines) is 1. The average molecular weight is 395 g/mol. The molecule has 0 unspecified atom stereocenters. The van der Waals surface area contributed by atoms with Crippen LogP contribution >= 0.6 is 0 Å². The minimum atomic E-state index is 0.131. The van der Waals surface area contributed by atoms with E-state index in [-0.39, 0.29) is 5.91 Å². The quantitative estimate of drug-likeness (QED) is 0.667. The molecule has 0 spiro atoms. The third-order valence-electron chi connectivity index (χ3n) is 6.14. The zero-order chi connectivity index (χ0) is 20.2. The normalized spacial score (nSPS) is 15.8. The Morgan fingerprint density at radius 2 is 2.03 bits per heavy atom. The van der Waals surface area contributed by atoms with E-state index in [0.717, 1.165) is 62.5 Å². The number of nitrogens with zero attached hydrogens (tertiary/aromatic N) is 3. The van der Waals surface area contributed by atoms with Crippen molar-refractivity contribution >= 4 is 16.9 Å². The fourth-order valence-corrected chi connectivity index (χ4v) is 4.16. The number of benzene rings is 1. The molecule has 3 heterocycles. The number of hydrogen-bond acceptors (Lipinski definition) is 4. The standard InChI is InChI=1S/C23H30N4O2/c1-17-20-5-3-4-6-21(20)29-22(17)16-27-13-10-18(11-14-27)15-24-23(28)8-7-19-9-12-25-26(19)2/h3-6,9,12,18H,7-8,10-11,13-16H2,1-2H3,(H,24,28). The van der Waals surface area contributed by atoms with Gasteiger partial charge >= 0.3 is 0 Å². The van der Waals surface area contributed by atoms with E-state index in [1.165, 1.54) is 10.9 Å². The summed E-state index contributed by atoms with van der Waals surface area (Å²) in [5.74, 6) is 1.77. The van der Waals surface area contributed by atoms with Gasteiger partial charge in [0.25, 0.3) is 0 Å². The van der Waals surface area contributed by atoms with Crippen molar-refractivity contribution in [2.75, 3.05) is 19.6 Å². The van der Waals surface area contributed by atoms with Crippen molar-refractivity contribution in [2.24, 2.45) is 13.0 Å². The monoisotopic (exact) mass is 394 g/mol. The van der Waals surface area contributed by atoms with E-state index in [0.29, 0.717) is 12.3 Å². The lowest BCUT2D eigenvalue weighted by Crippen LogP contribution is -2.38. The van der Waals surface area contributed by atoms with E-state index < -0.39 is 0 Å². The summed E-state index contributed by atoms with van der Waals surface area (Å²) in [6, 6.07) is 10.2. The highest BCUT2D eigenvalue weighted by molar-refractivity contribution is 5.81. The highest BCUT2D eigenvalue weighted by Crippen LogP contribution is 2.27. The fourth-order valence-electron chi connectivity index (χ4n) is 4.16. The highest BCUT2D eigenvalue weighted by Gasteiger charge is 2.22. The number of furan rings is 1. The van der Waals surface area contributed by atoms with E-state index in [2.05, 4.69) is 34.4 Å². The van der Waals surface area contributed by atoms with Crippen LogP contribution < -0.4 is 5.32 Å². The first kappa shape index (κ1) is 19.7. The van der Waals surface area contributed by atoms with Crippen molar-refractivity contribution in [3.8, 4) is 0 Å². The molecule has 6 nitrogen and oxygen atoms in total. The molecule has 1 aliphatic rings. The lowest BCUT2D eigenvalue weighted by Gasteiger charge is -2.31. The number of aromatic nitrogens is 2. The van der Waals surface area contributed by atoms with Gasteiger partial charge in [-0.1, -0.05) is 18.2 Å². The number of nitrogens with one attached hydrogen (secondary N) is 1. The Hall–Kier alpha value is -2.60. The van der Waals surface area contributed by atoms with E-state index in [1.807, 2.05) is 29.9 Å². The third kappa shape index (κ3) is 4.70. The van der Waals surface area contributed by atoms with Gasteiger partial charge in [0.05, 0.1) is 6.54 Å². The van der Waals surface area contributed by atoms with Crippen molar-refractivity contribution in [1.82, 2.24) is 20.0 Å². The van der Waals surface area contributed by atoms with Crippen molar-refractivity contribution < 1.29 is 9.21 Å². The molecule has 1 amide bonds. The number of piperidine rings is 1. The molecule has 3 aromatic rings. The molecule has 1 fully saturated rings. The van der Waals surface area contributed by atoms with Gasteiger partial charge in [0, 0.05) is 37.3 Å². The number of fused-ring (bicyclic) bond motifs is 1. The van der Waals surface area contributed by atoms with Crippen LogP contribution in [0, 0.1) is 12.8 Å². The van der Waals surface area contributed by atoms with Crippen LogP contribution in [-0.4, -0.2) is 40.2 Å². The molecular weight excluding hydrogens is 364 g/mol. The van der Waals surface area contributed by atoms with Gasteiger partial charge in [-0.05, 0) is 62.9 Å². The molecular formula is C23H30N4O2.